The monoisotopic (exact) mass is 289 g/mol. The van der Waals surface area contributed by atoms with Gasteiger partial charge in [-0.2, -0.15) is 0 Å². The lowest BCUT2D eigenvalue weighted by Crippen LogP contribution is -2.11. The van der Waals surface area contributed by atoms with E-state index in [9.17, 15) is 9.18 Å². The van der Waals surface area contributed by atoms with Crippen molar-refractivity contribution in [2.45, 2.75) is 13.8 Å². The molecular weight excluding hydrogens is 277 g/mol. The normalized spacial score (nSPS) is 10.6. The van der Waals surface area contributed by atoms with Gasteiger partial charge in [-0.25, -0.2) is 9.18 Å². The van der Waals surface area contributed by atoms with E-state index in [2.05, 4.69) is 15.9 Å². The van der Waals surface area contributed by atoms with E-state index in [1.165, 1.54) is 6.07 Å². The van der Waals surface area contributed by atoms with Gasteiger partial charge in [0.25, 0.3) is 0 Å². The Labute approximate surface area is 102 Å². The molecule has 88 valence electrons. The minimum Gasteiger partial charge on any atom is -0.462 e. The number of ether oxygens (including phenoxy) is 1. The molecule has 1 rings (SSSR count). The maximum absolute atomic E-state index is 13.0. The molecule has 0 unspecified atom stereocenters. The molecule has 0 aromatic heterocycles. The van der Waals surface area contributed by atoms with Crippen LogP contribution in [0.25, 0.3) is 0 Å². The molecule has 0 radical (unpaired) electrons. The fourth-order valence-electron chi connectivity index (χ4n) is 1.04. The second-order valence-electron chi connectivity index (χ2n) is 3.85. The zero-order valence-corrected chi connectivity index (χ0v) is 10.7. The summed E-state index contributed by atoms with van der Waals surface area (Å²) in [6, 6.07) is 2.42. The lowest BCUT2D eigenvalue weighted by Gasteiger charge is -2.09. The number of hydrogen-bond acceptors (Lipinski definition) is 3. The van der Waals surface area contributed by atoms with E-state index < -0.39 is 11.8 Å². The maximum atomic E-state index is 13.0. The number of carbonyl (C=O) groups is 1. The third kappa shape index (κ3) is 3.20. The molecule has 0 aliphatic carbocycles. The van der Waals surface area contributed by atoms with Gasteiger partial charge in [-0.05, 0) is 34.0 Å². The van der Waals surface area contributed by atoms with Crippen LogP contribution >= 0.6 is 15.9 Å². The molecule has 16 heavy (non-hydrogen) atoms. The van der Waals surface area contributed by atoms with Gasteiger partial charge in [-0.3, -0.25) is 0 Å². The molecule has 0 aliphatic rings. The van der Waals surface area contributed by atoms with E-state index in [0.29, 0.717) is 11.1 Å². The zero-order valence-electron chi connectivity index (χ0n) is 9.09. The predicted molar refractivity (Wildman–Crippen MR) is 63.6 cm³/mol. The van der Waals surface area contributed by atoms with Crippen LogP contribution in [0.1, 0.15) is 24.2 Å². The standard InChI is InChI=1S/C11H13BrFNO2/c1-6(2)5-16-11(15)7-3-10(14)9(13)4-8(7)12/h3-4,6H,5,14H2,1-2H3. The van der Waals surface area contributed by atoms with Crippen LogP contribution in [0, 0.1) is 11.7 Å². The SMILES string of the molecule is CC(C)COC(=O)c1cc(N)c(F)cc1Br. The molecule has 1 aromatic rings. The molecule has 0 atom stereocenters. The Bertz CT molecular complexity index is 407. The number of esters is 1. The average molecular weight is 290 g/mol. The highest BCUT2D eigenvalue weighted by atomic mass is 79.9. The molecule has 1 aromatic carbocycles. The van der Waals surface area contributed by atoms with E-state index in [1.54, 1.807) is 0 Å². The molecule has 0 amide bonds. The van der Waals surface area contributed by atoms with Crippen LogP contribution in [-0.4, -0.2) is 12.6 Å². The van der Waals surface area contributed by atoms with E-state index in [4.69, 9.17) is 10.5 Å². The molecule has 0 bridgehead atoms. The second kappa shape index (κ2) is 5.30. The number of anilines is 1. The molecule has 5 heteroatoms. The Morgan fingerprint density at radius 2 is 2.19 bits per heavy atom. The number of benzene rings is 1. The molecule has 0 spiro atoms. The molecule has 3 nitrogen and oxygen atoms in total. The van der Waals surface area contributed by atoms with Crippen molar-refractivity contribution in [2.75, 3.05) is 12.3 Å². The summed E-state index contributed by atoms with van der Waals surface area (Å²) in [5.41, 5.74) is 5.55. The Morgan fingerprint density at radius 1 is 1.56 bits per heavy atom. The summed E-state index contributed by atoms with van der Waals surface area (Å²) < 4.78 is 18.4. The van der Waals surface area contributed by atoms with Gasteiger partial charge in [0.1, 0.15) is 5.82 Å². The van der Waals surface area contributed by atoms with Crippen molar-refractivity contribution >= 4 is 27.6 Å². The molecule has 0 fully saturated rings. The van der Waals surface area contributed by atoms with Crippen LogP contribution in [0.5, 0.6) is 0 Å². The number of nitrogens with two attached hydrogens (primary N) is 1. The summed E-state index contributed by atoms with van der Waals surface area (Å²) in [5, 5.41) is 0. The first-order valence-electron chi connectivity index (χ1n) is 4.83. The molecule has 2 N–H and O–H groups in total. The number of halogens is 2. The van der Waals surface area contributed by atoms with E-state index in [0.717, 1.165) is 6.07 Å². The fraction of sp³-hybridized carbons (Fsp3) is 0.364. The molecular formula is C11H13BrFNO2. The number of carbonyl (C=O) groups excluding carboxylic acids is 1. The van der Waals surface area contributed by atoms with Crippen molar-refractivity contribution in [1.82, 2.24) is 0 Å². The van der Waals surface area contributed by atoms with Crippen molar-refractivity contribution in [3.8, 4) is 0 Å². The summed E-state index contributed by atoms with van der Waals surface area (Å²) in [6.45, 7) is 4.19. The first-order chi connectivity index (χ1) is 7.41. The van der Waals surface area contributed by atoms with Gasteiger partial charge in [0.2, 0.25) is 0 Å². The maximum Gasteiger partial charge on any atom is 0.339 e. The van der Waals surface area contributed by atoms with Crippen LogP contribution in [0.4, 0.5) is 10.1 Å². The van der Waals surface area contributed by atoms with E-state index in [-0.39, 0.29) is 17.2 Å². The summed E-state index contributed by atoms with van der Waals surface area (Å²) in [5.74, 6) is -0.819. The third-order valence-corrected chi connectivity index (χ3v) is 2.51. The van der Waals surface area contributed by atoms with Crippen molar-refractivity contribution in [1.29, 1.82) is 0 Å². The van der Waals surface area contributed by atoms with Crippen LogP contribution < -0.4 is 5.73 Å². The minimum atomic E-state index is -0.563. The summed E-state index contributed by atoms with van der Waals surface area (Å²) in [6.07, 6.45) is 0. The highest BCUT2D eigenvalue weighted by Gasteiger charge is 2.14. The average Bonchev–Trinajstić information content (AvgIpc) is 2.20. The fourth-order valence-corrected chi connectivity index (χ4v) is 1.52. The number of hydrogen-bond donors (Lipinski definition) is 1. The van der Waals surface area contributed by atoms with Gasteiger partial charge >= 0.3 is 5.97 Å². The van der Waals surface area contributed by atoms with Crippen molar-refractivity contribution in [3.05, 3.63) is 28.0 Å². The Kier molecular flexibility index (Phi) is 4.29. The lowest BCUT2D eigenvalue weighted by molar-refractivity contribution is 0.0458. The van der Waals surface area contributed by atoms with E-state index in [1.807, 2.05) is 13.8 Å². The van der Waals surface area contributed by atoms with Gasteiger partial charge in [0.05, 0.1) is 17.9 Å². The van der Waals surface area contributed by atoms with Gasteiger partial charge in [-0.1, -0.05) is 13.8 Å². The topological polar surface area (TPSA) is 52.3 Å². The Balaban J connectivity index is 2.87. The smallest absolute Gasteiger partial charge is 0.339 e. The van der Waals surface area contributed by atoms with Gasteiger partial charge in [0.15, 0.2) is 0 Å². The van der Waals surface area contributed by atoms with Gasteiger partial charge in [0, 0.05) is 4.47 Å². The van der Waals surface area contributed by atoms with Crippen molar-refractivity contribution in [3.63, 3.8) is 0 Å². The Hall–Kier alpha value is -1.10. The van der Waals surface area contributed by atoms with Gasteiger partial charge in [-0.15, -0.1) is 0 Å². The molecule has 0 saturated carbocycles. The molecule has 0 aliphatic heterocycles. The van der Waals surface area contributed by atoms with Crippen molar-refractivity contribution in [2.24, 2.45) is 5.92 Å². The zero-order chi connectivity index (χ0) is 12.3. The predicted octanol–water partition coefficient (Wildman–Crippen LogP) is 2.98. The molecule has 0 saturated heterocycles. The van der Waals surface area contributed by atoms with Crippen LogP contribution in [0.3, 0.4) is 0 Å². The van der Waals surface area contributed by atoms with Crippen molar-refractivity contribution < 1.29 is 13.9 Å². The lowest BCUT2D eigenvalue weighted by atomic mass is 10.2. The molecule has 0 heterocycles. The number of rotatable bonds is 3. The van der Waals surface area contributed by atoms with Crippen LogP contribution in [0.15, 0.2) is 16.6 Å². The summed E-state index contributed by atoms with van der Waals surface area (Å²) in [4.78, 5) is 11.6. The number of nitrogen functional groups attached to an aromatic ring is 1. The summed E-state index contributed by atoms with van der Waals surface area (Å²) >= 11 is 3.09. The van der Waals surface area contributed by atoms with Crippen LogP contribution in [-0.2, 0) is 4.74 Å². The third-order valence-electron chi connectivity index (χ3n) is 1.85. The van der Waals surface area contributed by atoms with Gasteiger partial charge < -0.3 is 10.5 Å². The highest BCUT2D eigenvalue weighted by molar-refractivity contribution is 9.10. The first-order valence-corrected chi connectivity index (χ1v) is 5.62. The quantitative estimate of drug-likeness (QED) is 0.687. The largest absolute Gasteiger partial charge is 0.462 e. The first kappa shape index (κ1) is 13.0. The minimum absolute atomic E-state index is 0.0697. The van der Waals surface area contributed by atoms with E-state index >= 15 is 0 Å². The Morgan fingerprint density at radius 3 is 2.75 bits per heavy atom. The van der Waals surface area contributed by atoms with Crippen LogP contribution in [0.2, 0.25) is 0 Å². The summed E-state index contributed by atoms with van der Waals surface area (Å²) in [7, 11) is 0. The second-order valence-corrected chi connectivity index (χ2v) is 4.70. The highest BCUT2D eigenvalue weighted by Crippen LogP contribution is 2.23.